The molecule has 0 saturated carbocycles. The fourth-order valence-corrected chi connectivity index (χ4v) is 4.55. The molecule has 1 heterocycles. The lowest BCUT2D eigenvalue weighted by Crippen LogP contribution is -1.92. The maximum atomic E-state index is 3.68. The van der Waals surface area contributed by atoms with Crippen LogP contribution in [0.1, 0.15) is 128 Å². The van der Waals surface area contributed by atoms with Crippen LogP contribution in [-0.2, 0) is 6.42 Å². The number of H-pyrrole nitrogens is 1. The van der Waals surface area contributed by atoms with Crippen molar-refractivity contribution in [1.29, 1.82) is 0 Å². The van der Waals surface area contributed by atoms with Crippen LogP contribution >= 0.6 is 0 Å². The third-order valence-corrected chi connectivity index (χ3v) is 6.31. The third-order valence-electron chi connectivity index (χ3n) is 6.31. The average molecular weight is 384 g/mol. The lowest BCUT2D eigenvalue weighted by Gasteiger charge is -2.06. The summed E-state index contributed by atoms with van der Waals surface area (Å²) in [6.07, 6.45) is 22.7. The van der Waals surface area contributed by atoms with Gasteiger partial charge in [-0.2, -0.15) is 0 Å². The van der Waals surface area contributed by atoms with Crippen molar-refractivity contribution in [2.24, 2.45) is 0 Å². The van der Waals surface area contributed by atoms with E-state index in [1.165, 1.54) is 107 Å². The molecule has 2 rings (SSSR count). The van der Waals surface area contributed by atoms with Crippen LogP contribution in [-0.4, -0.2) is 4.98 Å². The van der Waals surface area contributed by atoms with Gasteiger partial charge in [-0.05, 0) is 68.7 Å². The number of hydrogen-bond acceptors (Lipinski definition) is 0. The van der Waals surface area contributed by atoms with Crippen molar-refractivity contribution in [3.63, 3.8) is 0 Å². The Hall–Kier alpha value is -1.24. The molecule has 158 valence electrons. The summed E-state index contributed by atoms with van der Waals surface area (Å²) >= 11 is 0. The molecule has 1 N–H and O–H groups in total. The summed E-state index contributed by atoms with van der Waals surface area (Å²) in [6, 6.07) is 2.39. The standard InChI is InChI=1S/C27H45N/c1-5-7-9-11-13-15-17-24-21-26(19-22(24)3)27-25(20-23(4)28-27)18-16-14-12-10-8-6-2/h20-21,28H,5-19H2,1-4H3. The van der Waals surface area contributed by atoms with Gasteiger partial charge in [0.1, 0.15) is 0 Å². The Labute approximate surface area is 175 Å². The first-order valence-electron chi connectivity index (χ1n) is 12.2. The number of aryl methyl sites for hydroxylation is 2. The molecule has 0 radical (unpaired) electrons. The van der Waals surface area contributed by atoms with E-state index in [0.29, 0.717) is 0 Å². The Kier molecular flexibility index (Phi) is 10.8. The lowest BCUT2D eigenvalue weighted by molar-refractivity contribution is 0.607. The Balaban J connectivity index is 1.84. The molecular formula is C27H45N. The van der Waals surface area contributed by atoms with E-state index in [0.717, 1.165) is 6.42 Å². The second-order valence-electron chi connectivity index (χ2n) is 9.04. The molecule has 0 saturated heterocycles. The zero-order valence-corrected chi connectivity index (χ0v) is 19.3. The van der Waals surface area contributed by atoms with Crippen LogP contribution in [0.5, 0.6) is 0 Å². The molecule has 0 fully saturated rings. The van der Waals surface area contributed by atoms with Crippen molar-refractivity contribution in [2.45, 2.75) is 124 Å². The molecule has 0 spiro atoms. The second kappa shape index (κ2) is 13.1. The van der Waals surface area contributed by atoms with Crippen LogP contribution in [0, 0.1) is 6.92 Å². The predicted molar refractivity (Wildman–Crippen MR) is 126 cm³/mol. The van der Waals surface area contributed by atoms with Gasteiger partial charge in [-0.25, -0.2) is 0 Å². The van der Waals surface area contributed by atoms with Gasteiger partial charge < -0.3 is 4.98 Å². The van der Waals surface area contributed by atoms with Crippen molar-refractivity contribution in [1.82, 2.24) is 4.98 Å². The SMILES string of the molecule is CCCCCCCCC1=C(C)CC(c2[nH]c(C)cc2CCCCCCCC)=C1. The lowest BCUT2D eigenvalue weighted by atomic mass is 10.0. The number of nitrogens with one attached hydrogen (secondary N) is 1. The van der Waals surface area contributed by atoms with Gasteiger partial charge in [0.25, 0.3) is 0 Å². The quantitative estimate of drug-likeness (QED) is 0.291. The van der Waals surface area contributed by atoms with Crippen molar-refractivity contribution in [3.05, 3.63) is 40.2 Å². The van der Waals surface area contributed by atoms with E-state index in [-0.39, 0.29) is 0 Å². The molecule has 1 aliphatic rings. The molecular weight excluding hydrogens is 338 g/mol. The number of aromatic amines is 1. The minimum Gasteiger partial charge on any atom is -0.359 e. The molecule has 1 aromatic heterocycles. The number of rotatable bonds is 15. The smallest absolute Gasteiger partial charge is 0.0450 e. The second-order valence-corrected chi connectivity index (χ2v) is 9.04. The summed E-state index contributed by atoms with van der Waals surface area (Å²) in [7, 11) is 0. The van der Waals surface area contributed by atoms with E-state index in [2.05, 4.69) is 44.8 Å². The molecule has 28 heavy (non-hydrogen) atoms. The van der Waals surface area contributed by atoms with Crippen molar-refractivity contribution >= 4 is 5.57 Å². The van der Waals surface area contributed by atoms with Gasteiger partial charge >= 0.3 is 0 Å². The van der Waals surface area contributed by atoms with E-state index in [1.807, 2.05) is 0 Å². The molecule has 1 nitrogen and oxygen atoms in total. The van der Waals surface area contributed by atoms with Gasteiger partial charge in [0.15, 0.2) is 0 Å². The van der Waals surface area contributed by atoms with E-state index in [4.69, 9.17) is 0 Å². The van der Waals surface area contributed by atoms with Crippen LogP contribution in [0.3, 0.4) is 0 Å². The fraction of sp³-hybridized carbons (Fsp3) is 0.704. The van der Waals surface area contributed by atoms with Crippen LogP contribution < -0.4 is 0 Å². The number of hydrogen-bond donors (Lipinski definition) is 1. The first-order chi connectivity index (χ1) is 13.7. The maximum absolute atomic E-state index is 3.68. The molecule has 0 atom stereocenters. The minimum absolute atomic E-state index is 1.15. The minimum atomic E-state index is 1.15. The van der Waals surface area contributed by atoms with E-state index in [1.54, 1.807) is 16.7 Å². The summed E-state index contributed by atoms with van der Waals surface area (Å²) in [5.74, 6) is 0. The predicted octanol–water partition coefficient (Wildman–Crippen LogP) is 9.08. The summed E-state index contributed by atoms with van der Waals surface area (Å²) in [5, 5.41) is 0. The molecule has 0 unspecified atom stereocenters. The Morgan fingerprint density at radius 1 is 0.750 bits per heavy atom. The van der Waals surface area contributed by atoms with E-state index >= 15 is 0 Å². The Morgan fingerprint density at radius 2 is 1.32 bits per heavy atom. The number of allylic oxidation sites excluding steroid dienone is 4. The summed E-state index contributed by atoms with van der Waals surface area (Å²) < 4.78 is 0. The maximum Gasteiger partial charge on any atom is 0.0450 e. The molecule has 0 bridgehead atoms. The van der Waals surface area contributed by atoms with Crippen molar-refractivity contribution < 1.29 is 0 Å². The summed E-state index contributed by atoms with van der Waals surface area (Å²) in [6.45, 7) is 9.14. The normalized spacial score (nSPS) is 14.2. The number of unbranched alkanes of at least 4 members (excludes halogenated alkanes) is 10. The topological polar surface area (TPSA) is 15.8 Å². The monoisotopic (exact) mass is 383 g/mol. The molecule has 0 amide bonds. The average Bonchev–Trinajstić information content (AvgIpc) is 3.23. The Morgan fingerprint density at radius 3 is 1.96 bits per heavy atom. The Bertz CT molecular complexity index is 629. The molecule has 1 aliphatic carbocycles. The molecule has 1 heteroatoms. The van der Waals surface area contributed by atoms with Crippen molar-refractivity contribution in [3.8, 4) is 0 Å². The third kappa shape index (κ3) is 7.64. The summed E-state index contributed by atoms with van der Waals surface area (Å²) in [4.78, 5) is 3.68. The highest BCUT2D eigenvalue weighted by molar-refractivity contribution is 5.74. The molecule has 1 aromatic rings. The van der Waals surface area contributed by atoms with E-state index < -0.39 is 0 Å². The molecule has 0 aromatic carbocycles. The highest BCUT2D eigenvalue weighted by Crippen LogP contribution is 2.36. The highest BCUT2D eigenvalue weighted by atomic mass is 14.7. The van der Waals surface area contributed by atoms with Crippen LogP contribution in [0.4, 0.5) is 0 Å². The largest absolute Gasteiger partial charge is 0.359 e. The highest BCUT2D eigenvalue weighted by Gasteiger charge is 2.18. The van der Waals surface area contributed by atoms with Gasteiger partial charge in [0.05, 0.1) is 0 Å². The zero-order chi connectivity index (χ0) is 20.2. The first kappa shape index (κ1) is 23.0. The van der Waals surface area contributed by atoms with Gasteiger partial charge in [-0.3, -0.25) is 0 Å². The summed E-state index contributed by atoms with van der Waals surface area (Å²) in [5.41, 5.74) is 9.05. The number of aromatic nitrogens is 1. The van der Waals surface area contributed by atoms with Crippen LogP contribution in [0.2, 0.25) is 0 Å². The van der Waals surface area contributed by atoms with Gasteiger partial charge in [0.2, 0.25) is 0 Å². The van der Waals surface area contributed by atoms with Crippen LogP contribution in [0.25, 0.3) is 5.57 Å². The first-order valence-corrected chi connectivity index (χ1v) is 12.2. The van der Waals surface area contributed by atoms with Gasteiger partial charge in [-0.15, -0.1) is 0 Å². The van der Waals surface area contributed by atoms with Crippen LogP contribution in [0.15, 0.2) is 23.3 Å². The van der Waals surface area contributed by atoms with Gasteiger partial charge in [0, 0.05) is 11.4 Å². The van der Waals surface area contributed by atoms with E-state index in [9.17, 15) is 0 Å². The molecule has 0 aliphatic heterocycles. The van der Waals surface area contributed by atoms with Crippen molar-refractivity contribution in [2.75, 3.05) is 0 Å². The van der Waals surface area contributed by atoms with Gasteiger partial charge in [-0.1, -0.05) is 89.7 Å². The zero-order valence-electron chi connectivity index (χ0n) is 19.3. The fourth-order valence-electron chi connectivity index (χ4n) is 4.55.